The Morgan fingerprint density at radius 2 is 1.40 bits per heavy atom. The molecule has 4 nitrogen and oxygen atoms in total. The second-order valence-electron chi connectivity index (χ2n) is 2.13. The van der Waals surface area contributed by atoms with E-state index < -0.39 is 23.8 Å². The van der Waals surface area contributed by atoms with E-state index in [-0.39, 0.29) is 12.4 Å². The molecule has 5 heteroatoms. The Bertz CT molecular complexity index is 149. The van der Waals surface area contributed by atoms with Crippen molar-refractivity contribution in [2.75, 3.05) is 0 Å². The largest absolute Gasteiger partial charge is 0.481 e. The first-order chi connectivity index (χ1) is 4.13. The van der Waals surface area contributed by atoms with Crippen LogP contribution in [0.2, 0.25) is 0 Å². The van der Waals surface area contributed by atoms with Crippen LogP contribution in [0.4, 0.5) is 0 Å². The van der Waals surface area contributed by atoms with Crippen LogP contribution in [0.3, 0.4) is 0 Å². The van der Waals surface area contributed by atoms with E-state index in [0.717, 1.165) is 0 Å². The zero-order chi connectivity index (χ0) is 7.02. The third kappa shape index (κ3) is 1.60. The molecule has 1 fully saturated rings. The van der Waals surface area contributed by atoms with E-state index in [1.807, 2.05) is 0 Å². The fourth-order valence-corrected chi connectivity index (χ4v) is 0.741. The number of hydrogen-bond donors (Lipinski definition) is 2. The average Bonchev–Trinajstić information content (AvgIpc) is 2.39. The van der Waals surface area contributed by atoms with Gasteiger partial charge >= 0.3 is 11.9 Å². The highest BCUT2D eigenvalue weighted by molar-refractivity contribution is 5.85. The summed E-state index contributed by atoms with van der Waals surface area (Å²) >= 11 is 0. The van der Waals surface area contributed by atoms with Gasteiger partial charge in [-0.1, -0.05) is 0 Å². The van der Waals surface area contributed by atoms with Crippen molar-refractivity contribution >= 4 is 24.3 Å². The number of carboxylic acid groups (broad SMARTS) is 2. The van der Waals surface area contributed by atoms with Gasteiger partial charge in [-0.15, -0.1) is 12.4 Å². The summed E-state index contributed by atoms with van der Waals surface area (Å²) in [4.78, 5) is 20.0. The SMILES string of the molecule is Cl.O=C(O)C1CC1C(=O)O. The van der Waals surface area contributed by atoms with E-state index in [0.29, 0.717) is 6.42 Å². The average molecular weight is 167 g/mol. The standard InChI is InChI=1S/C5H6O4.ClH/c6-4(7)2-1-3(2)5(8)9;/h2-3H,1H2,(H,6,7)(H,8,9);1H. The lowest BCUT2D eigenvalue weighted by atomic mass is 10.3. The molecule has 0 aromatic carbocycles. The van der Waals surface area contributed by atoms with Crippen molar-refractivity contribution in [2.45, 2.75) is 6.42 Å². The maximum atomic E-state index is 10.0. The van der Waals surface area contributed by atoms with Crippen LogP contribution in [0.1, 0.15) is 6.42 Å². The maximum Gasteiger partial charge on any atom is 0.307 e. The van der Waals surface area contributed by atoms with E-state index in [4.69, 9.17) is 10.2 Å². The van der Waals surface area contributed by atoms with Crippen molar-refractivity contribution < 1.29 is 19.8 Å². The van der Waals surface area contributed by atoms with Crippen molar-refractivity contribution in [3.05, 3.63) is 0 Å². The number of halogens is 1. The Balaban J connectivity index is 0.000000810. The van der Waals surface area contributed by atoms with Gasteiger partial charge in [-0.2, -0.15) is 0 Å². The molecular weight excluding hydrogens is 160 g/mol. The molecule has 1 aliphatic rings. The molecule has 0 amide bonds. The molecule has 0 radical (unpaired) electrons. The highest BCUT2D eigenvalue weighted by Gasteiger charge is 2.48. The van der Waals surface area contributed by atoms with E-state index in [2.05, 4.69) is 0 Å². The van der Waals surface area contributed by atoms with Crippen LogP contribution in [-0.2, 0) is 9.59 Å². The minimum Gasteiger partial charge on any atom is -0.481 e. The fraction of sp³-hybridized carbons (Fsp3) is 0.600. The molecule has 0 aliphatic heterocycles. The van der Waals surface area contributed by atoms with Gasteiger partial charge in [0.25, 0.3) is 0 Å². The van der Waals surface area contributed by atoms with Crippen LogP contribution in [0.15, 0.2) is 0 Å². The van der Waals surface area contributed by atoms with Crippen LogP contribution in [0, 0.1) is 11.8 Å². The van der Waals surface area contributed by atoms with Crippen molar-refractivity contribution in [2.24, 2.45) is 11.8 Å². The molecule has 1 saturated carbocycles. The minimum atomic E-state index is -0.998. The van der Waals surface area contributed by atoms with Crippen molar-refractivity contribution in [1.82, 2.24) is 0 Å². The zero-order valence-electron chi connectivity index (χ0n) is 4.98. The Hall–Kier alpha value is -0.770. The molecule has 2 unspecified atom stereocenters. The van der Waals surface area contributed by atoms with Gasteiger partial charge < -0.3 is 10.2 Å². The van der Waals surface area contributed by atoms with E-state index in [1.165, 1.54) is 0 Å². The number of carbonyl (C=O) groups is 2. The molecule has 1 aliphatic carbocycles. The van der Waals surface area contributed by atoms with E-state index in [9.17, 15) is 9.59 Å². The first-order valence-corrected chi connectivity index (χ1v) is 2.58. The van der Waals surface area contributed by atoms with Crippen molar-refractivity contribution in [3.63, 3.8) is 0 Å². The Morgan fingerprint density at radius 1 is 1.10 bits per heavy atom. The molecule has 0 aromatic rings. The Kier molecular flexibility index (Phi) is 2.65. The number of hydrogen-bond acceptors (Lipinski definition) is 2. The predicted octanol–water partition coefficient (Wildman–Crippen LogP) is 0.213. The number of carboxylic acids is 2. The first kappa shape index (κ1) is 9.23. The van der Waals surface area contributed by atoms with Gasteiger partial charge in [-0.3, -0.25) is 9.59 Å². The molecule has 2 N–H and O–H groups in total. The van der Waals surface area contributed by atoms with Gasteiger partial charge in [0.05, 0.1) is 11.8 Å². The molecule has 0 saturated heterocycles. The normalized spacial score (nSPS) is 28.4. The molecule has 0 heterocycles. The number of aliphatic carboxylic acids is 2. The number of rotatable bonds is 2. The first-order valence-electron chi connectivity index (χ1n) is 2.58. The third-order valence-corrected chi connectivity index (χ3v) is 1.42. The molecule has 1 rings (SSSR count). The molecule has 2 atom stereocenters. The predicted molar refractivity (Wildman–Crippen MR) is 34.1 cm³/mol. The van der Waals surface area contributed by atoms with Crippen LogP contribution >= 0.6 is 12.4 Å². The van der Waals surface area contributed by atoms with Gasteiger partial charge in [0.2, 0.25) is 0 Å². The molecule has 0 bridgehead atoms. The summed E-state index contributed by atoms with van der Waals surface area (Å²) in [5.41, 5.74) is 0. The van der Waals surface area contributed by atoms with Gasteiger partial charge in [0.15, 0.2) is 0 Å². The van der Waals surface area contributed by atoms with Crippen LogP contribution in [-0.4, -0.2) is 22.2 Å². The summed E-state index contributed by atoms with van der Waals surface area (Å²) in [5, 5.41) is 16.4. The summed E-state index contributed by atoms with van der Waals surface area (Å²) in [5.74, 6) is -3.24. The molecule has 0 aromatic heterocycles. The summed E-state index contributed by atoms with van der Waals surface area (Å²) in [6, 6.07) is 0. The summed E-state index contributed by atoms with van der Waals surface area (Å²) in [6.45, 7) is 0. The minimum absolute atomic E-state index is 0. The lowest BCUT2D eigenvalue weighted by Gasteiger charge is -1.84. The van der Waals surface area contributed by atoms with Crippen LogP contribution in [0.25, 0.3) is 0 Å². The van der Waals surface area contributed by atoms with Crippen molar-refractivity contribution in [1.29, 1.82) is 0 Å². The lowest BCUT2D eigenvalue weighted by molar-refractivity contribution is -0.144. The van der Waals surface area contributed by atoms with Crippen LogP contribution < -0.4 is 0 Å². The van der Waals surface area contributed by atoms with Gasteiger partial charge in [0, 0.05) is 0 Å². The van der Waals surface area contributed by atoms with Gasteiger partial charge in [0.1, 0.15) is 0 Å². The van der Waals surface area contributed by atoms with Gasteiger partial charge in [-0.25, -0.2) is 0 Å². The van der Waals surface area contributed by atoms with E-state index in [1.54, 1.807) is 0 Å². The molecule has 10 heavy (non-hydrogen) atoms. The summed E-state index contributed by atoms with van der Waals surface area (Å²) < 4.78 is 0. The topological polar surface area (TPSA) is 74.6 Å². The van der Waals surface area contributed by atoms with Gasteiger partial charge in [-0.05, 0) is 6.42 Å². The van der Waals surface area contributed by atoms with Crippen molar-refractivity contribution in [3.8, 4) is 0 Å². The Morgan fingerprint density at radius 3 is 1.50 bits per heavy atom. The second-order valence-corrected chi connectivity index (χ2v) is 2.13. The maximum absolute atomic E-state index is 10.0. The molecule has 58 valence electrons. The highest BCUT2D eigenvalue weighted by Crippen LogP contribution is 2.38. The highest BCUT2D eigenvalue weighted by atomic mass is 35.5. The molecule has 0 spiro atoms. The lowest BCUT2D eigenvalue weighted by Crippen LogP contribution is -2.05. The zero-order valence-corrected chi connectivity index (χ0v) is 5.80. The monoisotopic (exact) mass is 166 g/mol. The fourth-order valence-electron chi connectivity index (χ4n) is 0.741. The van der Waals surface area contributed by atoms with Crippen LogP contribution in [0.5, 0.6) is 0 Å². The third-order valence-electron chi connectivity index (χ3n) is 1.42. The summed E-state index contributed by atoms with van der Waals surface area (Å²) in [7, 11) is 0. The van der Waals surface area contributed by atoms with E-state index >= 15 is 0 Å². The Labute approximate surface area is 63.3 Å². The summed E-state index contributed by atoms with van der Waals surface area (Å²) in [6.07, 6.45) is 0.296. The quantitative estimate of drug-likeness (QED) is 0.615. The second kappa shape index (κ2) is 2.88. The smallest absolute Gasteiger partial charge is 0.307 e. The molecular formula is C5H7ClO4.